The molecule has 1 heteroatoms. The van der Waals surface area contributed by atoms with Crippen LogP contribution in [0, 0.1) is 5.92 Å². The van der Waals surface area contributed by atoms with E-state index in [4.69, 9.17) is 0 Å². The molecule has 0 fully saturated rings. The van der Waals surface area contributed by atoms with Gasteiger partial charge in [0, 0.05) is 0 Å². The van der Waals surface area contributed by atoms with Crippen molar-refractivity contribution >= 4 is 0 Å². The van der Waals surface area contributed by atoms with E-state index in [2.05, 4.69) is 70.3 Å². The average Bonchev–Trinajstić information content (AvgIpc) is 2.38. The van der Waals surface area contributed by atoms with Crippen molar-refractivity contribution < 1.29 is 0 Å². The van der Waals surface area contributed by atoms with Crippen LogP contribution in [0.25, 0.3) is 0 Å². The minimum absolute atomic E-state index is 0.618. The number of benzene rings is 1. The van der Waals surface area contributed by atoms with Crippen LogP contribution in [0.1, 0.15) is 58.1 Å². The quantitative estimate of drug-likeness (QED) is 0.523. The Kier molecular flexibility index (Phi) is 7.61. The summed E-state index contributed by atoms with van der Waals surface area (Å²) in [4.78, 5) is 0. The molecule has 0 bridgehead atoms. The smallest absolute Gasteiger partial charge is 0.00141 e. The summed E-state index contributed by atoms with van der Waals surface area (Å²) >= 11 is 0. The van der Waals surface area contributed by atoms with Gasteiger partial charge in [-0.3, -0.25) is 0 Å². The van der Waals surface area contributed by atoms with E-state index in [1.165, 1.54) is 16.7 Å². The summed E-state index contributed by atoms with van der Waals surface area (Å²) in [5.41, 5.74) is 4.31. The van der Waals surface area contributed by atoms with Gasteiger partial charge < -0.3 is 5.32 Å². The second-order valence-corrected chi connectivity index (χ2v) is 6.51. The first kappa shape index (κ1) is 17.0. The van der Waals surface area contributed by atoms with Crippen molar-refractivity contribution in [2.75, 3.05) is 13.1 Å². The van der Waals surface area contributed by atoms with Crippen LogP contribution >= 0.6 is 0 Å². The van der Waals surface area contributed by atoms with Gasteiger partial charge in [-0.15, -0.1) is 0 Å². The largest absolute Gasteiger partial charge is 0.316 e. The Morgan fingerprint density at radius 3 is 2.30 bits per heavy atom. The summed E-state index contributed by atoms with van der Waals surface area (Å²) < 4.78 is 0. The molecule has 1 rings (SSSR count). The second kappa shape index (κ2) is 8.97. The summed E-state index contributed by atoms with van der Waals surface area (Å²) in [5, 5.41) is 3.48. The molecular formula is C19H31N. The van der Waals surface area contributed by atoms with E-state index >= 15 is 0 Å². The van der Waals surface area contributed by atoms with E-state index in [1.54, 1.807) is 0 Å². The molecule has 1 nitrogen and oxygen atoms in total. The summed E-state index contributed by atoms with van der Waals surface area (Å²) in [6.45, 7) is 13.4. The highest BCUT2D eigenvalue weighted by Gasteiger charge is 1.99. The fourth-order valence-electron chi connectivity index (χ4n) is 2.23. The van der Waals surface area contributed by atoms with E-state index in [0.717, 1.165) is 31.8 Å². The molecule has 0 amide bonds. The van der Waals surface area contributed by atoms with Gasteiger partial charge in [-0.2, -0.15) is 0 Å². The zero-order valence-corrected chi connectivity index (χ0v) is 13.9. The van der Waals surface area contributed by atoms with Gasteiger partial charge in [0.25, 0.3) is 0 Å². The van der Waals surface area contributed by atoms with E-state index in [1.807, 2.05) is 0 Å². The molecule has 1 aromatic carbocycles. The summed E-state index contributed by atoms with van der Waals surface area (Å²) in [6.07, 6.45) is 4.56. The predicted molar refractivity (Wildman–Crippen MR) is 90.3 cm³/mol. The molecule has 0 unspecified atom stereocenters. The number of nitrogens with one attached hydrogen (secondary N) is 1. The maximum atomic E-state index is 3.48. The van der Waals surface area contributed by atoms with Crippen molar-refractivity contribution in [3.05, 3.63) is 47.0 Å². The summed E-state index contributed by atoms with van der Waals surface area (Å²) in [6, 6.07) is 9.06. The second-order valence-electron chi connectivity index (χ2n) is 6.51. The molecule has 112 valence electrons. The van der Waals surface area contributed by atoms with Crippen molar-refractivity contribution in [1.29, 1.82) is 0 Å². The molecule has 0 aliphatic rings. The maximum Gasteiger partial charge on any atom is -0.00141 e. The van der Waals surface area contributed by atoms with E-state index in [-0.39, 0.29) is 0 Å². The Labute approximate surface area is 125 Å². The van der Waals surface area contributed by atoms with Crippen LogP contribution in [0.3, 0.4) is 0 Å². The minimum atomic E-state index is 0.618. The van der Waals surface area contributed by atoms with Crippen LogP contribution in [-0.2, 0) is 6.42 Å². The molecule has 0 aliphatic heterocycles. The molecule has 0 radical (unpaired) electrons. The molecule has 20 heavy (non-hydrogen) atoms. The molecule has 1 N–H and O–H groups in total. The van der Waals surface area contributed by atoms with E-state index < -0.39 is 0 Å². The minimum Gasteiger partial charge on any atom is -0.316 e. The lowest BCUT2D eigenvalue weighted by Crippen LogP contribution is -2.20. The van der Waals surface area contributed by atoms with Crippen LogP contribution < -0.4 is 5.32 Å². The molecule has 0 aromatic heterocycles. The first-order valence-corrected chi connectivity index (χ1v) is 7.94. The molecule has 0 saturated heterocycles. The Hall–Kier alpha value is -1.08. The van der Waals surface area contributed by atoms with E-state index in [0.29, 0.717) is 5.92 Å². The van der Waals surface area contributed by atoms with Crippen molar-refractivity contribution in [3.8, 4) is 0 Å². The number of rotatable bonds is 8. The Morgan fingerprint density at radius 2 is 1.75 bits per heavy atom. The summed E-state index contributed by atoms with van der Waals surface area (Å²) in [5.74, 6) is 1.35. The SMILES string of the molecule is CC(=CCCNCC(C)C)Cc1ccc(C(C)C)cc1. The van der Waals surface area contributed by atoms with Crippen molar-refractivity contribution in [1.82, 2.24) is 5.32 Å². The zero-order valence-electron chi connectivity index (χ0n) is 13.9. The topological polar surface area (TPSA) is 12.0 Å². The van der Waals surface area contributed by atoms with Gasteiger partial charge in [0.15, 0.2) is 0 Å². The third-order valence-electron chi connectivity index (χ3n) is 3.50. The predicted octanol–water partition coefficient (Wildman–Crippen LogP) is 4.93. The first-order valence-electron chi connectivity index (χ1n) is 7.94. The molecular weight excluding hydrogens is 242 g/mol. The normalized spacial score (nSPS) is 12.4. The van der Waals surface area contributed by atoms with Gasteiger partial charge in [-0.25, -0.2) is 0 Å². The van der Waals surface area contributed by atoms with Crippen molar-refractivity contribution in [2.24, 2.45) is 5.92 Å². The standard InChI is InChI=1S/C19H31N/c1-15(2)14-20-12-6-7-17(5)13-18-8-10-19(11-9-18)16(3)4/h7-11,15-16,20H,6,12-14H2,1-5H3. The molecule has 0 spiro atoms. The fourth-order valence-corrected chi connectivity index (χ4v) is 2.23. The van der Waals surface area contributed by atoms with Gasteiger partial charge in [-0.05, 0) is 55.8 Å². The fraction of sp³-hybridized carbons (Fsp3) is 0.579. The molecule has 0 atom stereocenters. The van der Waals surface area contributed by atoms with Gasteiger partial charge in [-0.1, -0.05) is 63.6 Å². The van der Waals surface area contributed by atoms with Crippen molar-refractivity contribution in [3.63, 3.8) is 0 Å². The highest BCUT2D eigenvalue weighted by molar-refractivity contribution is 5.27. The Balaban J connectivity index is 2.35. The lowest BCUT2D eigenvalue weighted by Gasteiger charge is -2.08. The maximum absolute atomic E-state index is 3.48. The van der Waals surface area contributed by atoms with Gasteiger partial charge in [0.05, 0.1) is 0 Å². The zero-order chi connectivity index (χ0) is 15.0. The highest BCUT2D eigenvalue weighted by atomic mass is 14.8. The highest BCUT2D eigenvalue weighted by Crippen LogP contribution is 2.16. The van der Waals surface area contributed by atoms with Crippen LogP contribution in [-0.4, -0.2) is 13.1 Å². The lowest BCUT2D eigenvalue weighted by molar-refractivity contribution is 0.556. The number of hydrogen-bond acceptors (Lipinski definition) is 1. The molecule has 0 saturated carbocycles. The Morgan fingerprint density at radius 1 is 1.10 bits per heavy atom. The molecule has 1 aromatic rings. The third-order valence-corrected chi connectivity index (χ3v) is 3.50. The van der Waals surface area contributed by atoms with Crippen LogP contribution in [0.5, 0.6) is 0 Å². The average molecular weight is 273 g/mol. The van der Waals surface area contributed by atoms with Crippen LogP contribution in [0.4, 0.5) is 0 Å². The molecule has 0 aliphatic carbocycles. The first-order chi connectivity index (χ1) is 9.49. The monoisotopic (exact) mass is 273 g/mol. The van der Waals surface area contributed by atoms with Crippen molar-refractivity contribution in [2.45, 2.75) is 53.4 Å². The van der Waals surface area contributed by atoms with Gasteiger partial charge >= 0.3 is 0 Å². The van der Waals surface area contributed by atoms with Crippen LogP contribution in [0.15, 0.2) is 35.9 Å². The van der Waals surface area contributed by atoms with E-state index in [9.17, 15) is 0 Å². The van der Waals surface area contributed by atoms with Crippen LogP contribution in [0.2, 0.25) is 0 Å². The number of hydrogen-bond donors (Lipinski definition) is 1. The third kappa shape index (κ3) is 6.91. The van der Waals surface area contributed by atoms with Gasteiger partial charge in [0.1, 0.15) is 0 Å². The Bertz CT molecular complexity index is 398. The van der Waals surface area contributed by atoms with Gasteiger partial charge in [0.2, 0.25) is 0 Å². The summed E-state index contributed by atoms with van der Waals surface area (Å²) in [7, 11) is 0. The molecule has 0 heterocycles. The number of allylic oxidation sites excluding steroid dienone is 1. The lowest BCUT2D eigenvalue weighted by atomic mass is 9.99.